The minimum Gasteiger partial charge on any atom is -0.383 e. The summed E-state index contributed by atoms with van der Waals surface area (Å²) in [6.45, 7) is 0. The molecule has 4 N–H and O–H groups in total. The van der Waals surface area contributed by atoms with Crippen LogP contribution < -0.4 is 11.5 Å². The Kier molecular flexibility index (Phi) is 2.26. The van der Waals surface area contributed by atoms with Gasteiger partial charge >= 0.3 is 0 Å². The molecule has 0 radical (unpaired) electrons. The second-order valence-electron chi connectivity index (χ2n) is 3.17. The van der Waals surface area contributed by atoms with Gasteiger partial charge in [-0.05, 0) is 12.8 Å². The standard InChI is InChI=1S/C8H12N4S/c9-6-4-7(10)12-8(11-6)13-5-2-1-3-5/h4-5H,1-3H2,(H4,9,10,11,12). The Labute approximate surface area is 81.1 Å². The molecule has 70 valence electrons. The van der Waals surface area contributed by atoms with Crippen LogP contribution in [0.3, 0.4) is 0 Å². The first-order valence-corrected chi connectivity index (χ1v) is 5.19. The lowest BCUT2D eigenvalue weighted by atomic mass is 10.0. The van der Waals surface area contributed by atoms with Gasteiger partial charge in [-0.3, -0.25) is 0 Å². The molecule has 0 amide bonds. The highest BCUT2D eigenvalue weighted by molar-refractivity contribution is 7.99. The molecular formula is C8H12N4S. The number of aromatic nitrogens is 2. The topological polar surface area (TPSA) is 77.8 Å². The number of anilines is 2. The van der Waals surface area contributed by atoms with Crippen molar-refractivity contribution in [1.29, 1.82) is 0 Å². The van der Waals surface area contributed by atoms with Crippen LogP contribution in [0.4, 0.5) is 11.6 Å². The highest BCUT2D eigenvalue weighted by Gasteiger charge is 2.20. The first-order valence-electron chi connectivity index (χ1n) is 4.31. The second-order valence-corrected chi connectivity index (χ2v) is 4.44. The molecule has 4 nitrogen and oxygen atoms in total. The number of hydrogen-bond donors (Lipinski definition) is 2. The van der Waals surface area contributed by atoms with Crippen molar-refractivity contribution in [2.45, 2.75) is 29.7 Å². The number of nitrogens with two attached hydrogens (primary N) is 2. The van der Waals surface area contributed by atoms with E-state index in [0.29, 0.717) is 22.0 Å². The van der Waals surface area contributed by atoms with Gasteiger partial charge in [-0.2, -0.15) is 0 Å². The van der Waals surface area contributed by atoms with Gasteiger partial charge in [-0.1, -0.05) is 18.2 Å². The van der Waals surface area contributed by atoms with E-state index in [9.17, 15) is 0 Å². The lowest BCUT2D eigenvalue weighted by Crippen LogP contribution is -2.14. The largest absolute Gasteiger partial charge is 0.383 e. The van der Waals surface area contributed by atoms with E-state index in [1.807, 2.05) is 0 Å². The molecule has 0 aliphatic heterocycles. The fourth-order valence-corrected chi connectivity index (χ4v) is 2.34. The molecule has 0 bridgehead atoms. The van der Waals surface area contributed by atoms with E-state index >= 15 is 0 Å². The number of hydrogen-bond acceptors (Lipinski definition) is 5. The van der Waals surface area contributed by atoms with Crippen molar-refractivity contribution < 1.29 is 0 Å². The summed E-state index contributed by atoms with van der Waals surface area (Å²) in [5.74, 6) is 0.906. The van der Waals surface area contributed by atoms with E-state index in [-0.39, 0.29) is 0 Å². The smallest absolute Gasteiger partial charge is 0.191 e. The summed E-state index contributed by atoms with van der Waals surface area (Å²) >= 11 is 1.68. The average Bonchev–Trinajstić information content (AvgIpc) is 1.95. The van der Waals surface area contributed by atoms with Crippen molar-refractivity contribution in [2.24, 2.45) is 0 Å². The Morgan fingerprint density at radius 3 is 2.31 bits per heavy atom. The molecule has 0 aromatic carbocycles. The van der Waals surface area contributed by atoms with Gasteiger partial charge in [0.05, 0.1) is 0 Å². The van der Waals surface area contributed by atoms with E-state index < -0.39 is 0 Å². The molecule has 0 spiro atoms. The monoisotopic (exact) mass is 196 g/mol. The molecule has 1 heterocycles. The van der Waals surface area contributed by atoms with Crippen LogP contribution in [0.1, 0.15) is 19.3 Å². The van der Waals surface area contributed by atoms with Crippen LogP contribution in [-0.4, -0.2) is 15.2 Å². The van der Waals surface area contributed by atoms with Gasteiger partial charge < -0.3 is 11.5 Å². The van der Waals surface area contributed by atoms with Gasteiger partial charge in [0.2, 0.25) is 0 Å². The normalized spacial score (nSPS) is 16.9. The highest BCUT2D eigenvalue weighted by atomic mass is 32.2. The maximum Gasteiger partial charge on any atom is 0.191 e. The molecule has 2 rings (SSSR count). The predicted molar refractivity (Wildman–Crippen MR) is 54.4 cm³/mol. The minimum absolute atomic E-state index is 0.453. The van der Waals surface area contributed by atoms with Crippen LogP contribution in [0.5, 0.6) is 0 Å². The van der Waals surface area contributed by atoms with Crippen LogP contribution in [0.25, 0.3) is 0 Å². The fraction of sp³-hybridized carbons (Fsp3) is 0.500. The molecule has 1 aromatic rings. The zero-order chi connectivity index (χ0) is 9.26. The summed E-state index contributed by atoms with van der Waals surface area (Å²) in [6.07, 6.45) is 3.82. The number of nitrogens with zero attached hydrogens (tertiary/aromatic N) is 2. The van der Waals surface area contributed by atoms with Gasteiger partial charge in [0.1, 0.15) is 11.6 Å². The third-order valence-corrected chi connectivity index (χ3v) is 3.27. The Bertz CT molecular complexity index is 291. The fourth-order valence-electron chi connectivity index (χ4n) is 1.15. The zero-order valence-electron chi connectivity index (χ0n) is 7.23. The third-order valence-electron chi connectivity index (χ3n) is 2.07. The highest BCUT2D eigenvalue weighted by Crippen LogP contribution is 2.34. The predicted octanol–water partition coefficient (Wildman–Crippen LogP) is 1.29. The molecule has 0 unspecified atom stereocenters. The average molecular weight is 196 g/mol. The number of nitrogen functional groups attached to an aromatic ring is 2. The molecule has 0 saturated heterocycles. The van der Waals surface area contributed by atoms with Gasteiger partial charge in [0, 0.05) is 11.3 Å². The summed E-state index contributed by atoms with van der Waals surface area (Å²) in [6, 6.07) is 1.57. The minimum atomic E-state index is 0.453. The lowest BCUT2D eigenvalue weighted by Gasteiger charge is -2.23. The molecule has 1 aliphatic rings. The molecule has 1 aromatic heterocycles. The maximum absolute atomic E-state index is 5.55. The van der Waals surface area contributed by atoms with Crippen LogP contribution in [-0.2, 0) is 0 Å². The molecule has 1 fully saturated rings. The summed E-state index contributed by atoms with van der Waals surface area (Å²) in [5, 5.41) is 1.38. The van der Waals surface area contributed by atoms with E-state index in [0.717, 1.165) is 0 Å². The molecule has 13 heavy (non-hydrogen) atoms. The third kappa shape index (κ3) is 2.03. The van der Waals surface area contributed by atoms with Gasteiger partial charge in [-0.25, -0.2) is 9.97 Å². The Morgan fingerprint density at radius 1 is 1.23 bits per heavy atom. The maximum atomic E-state index is 5.55. The van der Waals surface area contributed by atoms with E-state index in [1.165, 1.54) is 19.3 Å². The Morgan fingerprint density at radius 2 is 1.85 bits per heavy atom. The van der Waals surface area contributed by atoms with Gasteiger partial charge in [0.25, 0.3) is 0 Å². The van der Waals surface area contributed by atoms with E-state index in [4.69, 9.17) is 11.5 Å². The van der Waals surface area contributed by atoms with Crippen molar-refractivity contribution >= 4 is 23.4 Å². The molecular weight excluding hydrogens is 184 g/mol. The Balaban J connectivity index is 2.10. The van der Waals surface area contributed by atoms with Crippen LogP contribution >= 0.6 is 11.8 Å². The summed E-state index contributed by atoms with van der Waals surface area (Å²) < 4.78 is 0. The van der Waals surface area contributed by atoms with Gasteiger partial charge in [0.15, 0.2) is 5.16 Å². The zero-order valence-corrected chi connectivity index (χ0v) is 8.05. The van der Waals surface area contributed by atoms with Crippen molar-refractivity contribution in [3.05, 3.63) is 6.07 Å². The van der Waals surface area contributed by atoms with Crippen LogP contribution in [0.15, 0.2) is 11.2 Å². The van der Waals surface area contributed by atoms with Crippen LogP contribution in [0, 0.1) is 0 Å². The SMILES string of the molecule is Nc1cc(N)nc(SC2CCC2)n1. The quantitative estimate of drug-likeness (QED) is 0.697. The van der Waals surface area contributed by atoms with Crippen molar-refractivity contribution in [2.75, 3.05) is 11.5 Å². The molecule has 1 saturated carbocycles. The van der Waals surface area contributed by atoms with E-state index in [1.54, 1.807) is 17.8 Å². The number of thioether (sulfide) groups is 1. The molecule has 0 atom stereocenters. The van der Waals surface area contributed by atoms with Crippen molar-refractivity contribution in [3.8, 4) is 0 Å². The van der Waals surface area contributed by atoms with Crippen molar-refractivity contribution in [3.63, 3.8) is 0 Å². The lowest BCUT2D eigenvalue weighted by molar-refractivity contribution is 0.521. The first kappa shape index (κ1) is 8.62. The summed E-state index contributed by atoms with van der Waals surface area (Å²) in [7, 11) is 0. The summed E-state index contributed by atoms with van der Waals surface area (Å²) in [5.41, 5.74) is 11.1. The molecule has 1 aliphatic carbocycles. The van der Waals surface area contributed by atoms with E-state index in [2.05, 4.69) is 9.97 Å². The number of rotatable bonds is 2. The second kappa shape index (κ2) is 3.41. The molecule has 5 heteroatoms. The van der Waals surface area contributed by atoms with Crippen LogP contribution in [0.2, 0.25) is 0 Å². The van der Waals surface area contributed by atoms with Gasteiger partial charge in [-0.15, -0.1) is 0 Å². The first-order chi connectivity index (χ1) is 6.24. The Hall–Kier alpha value is -0.970. The van der Waals surface area contributed by atoms with Crippen molar-refractivity contribution in [1.82, 2.24) is 9.97 Å². The summed E-state index contributed by atoms with van der Waals surface area (Å²) in [4.78, 5) is 8.21.